The molecular weight excluding hydrogens is 402 g/mol. The van der Waals surface area contributed by atoms with Crippen LogP contribution in [-0.2, 0) is 11.3 Å². The summed E-state index contributed by atoms with van der Waals surface area (Å²) in [6.07, 6.45) is 4.36. The van der Waals surface area contributed by atoms with Crippen molar-refractivity contribution in [3.63, 3.8) is 0 Å². The molecule has 0 aliphatic carbocycles. The number of aromatic nitrogens is 1. The molecule has 0 radical (unpaired) electrons. The van der Waals surface area contributed by atoms with Gasteiger partial charge in [0, 0.05) is 71.6 Å². The Morgan fingerprint density at radius 3 is 2.38 bits per heavy atom. The molecule has 3 rings (SSSR count). The van der Waals surface area contributed by atoms with Crippen molar-refractivity contribution in [2.45, 2.75) is 39.3 Å². The van der Waals surface area contributed by atoms with Gasteiger partial charge >= 0.3 is 0 Å². The molecule has 1 atom stereocenters. The molecule has 0 aromatic carbocycles. The van der Waals surface area contributed by atoms with Crippen molar-refractivity contribution in [3.8, 4) is 0 Å². The number of ether oxygens (including phenoxy) is 1. The Morgan fingerprint density at radius 2 is 1.78 bits per heavy atom. The number of rotatable bonds is 9. The molecule has 2 aliphatic heterocycles. The smallest absolute Gasteiger partial charge is 0.191 e. The highest BCUT2D eigenvalue weighted by molar-refractivity contribution is 5.79. The number of nitrogens with zero attached hydrogens (tertiary/aromatic N) is 5. The Bertz CT molecular complexity index is 678. The van der Waals surface area contributed by atoms with Crippen LogP contribution in [0.25, 0.3) is 0 Å². The van der Waals surface area contributed by atoms with Gasteiger partial charge in [-0.3, -0.25) is 9.89 Å². The van der Waals surface area contributed by atoms with Crippen molar-refractivity contribution in [1.29, 1.82) is 0 Å². The molecule has 8 nitrogen and oxygen atoms in total. The molecule has 1 unspecified atom stereocenters. The van der Waals surface area contributed by atoms with Gasteiger partial charge in [-0.15, -0.1) is 0 Å². The highest BCUT2D eigenvalue weighted by Crippen LogP contribution is 2.19. The summed E-state index contributed by atoms with van der Waals surface area (Å²) >= 11 is 0. The molecule has 180 valence electrons. The molecule has 2 fully saturated rings. The molecule has 0 spiro atoms. The lowest BCUT2D eigenvalue weighted by Crippen LogP contribution is -2.53. The second-order valence-electron chi connectivity index (χ2n) is 8.91. The average Bonchev–Trinajstić information content (AvgIpc) is 2.85. The molecule has 0 bridgehead atoms. The molecule has 2 saturated heterocycles. The fourth-order valence-corrected chi connectivity index (χ4v) is 4.69. The lowest BCUT2D eigenvalue weighted by molar-refractivity contribution is 0.00272. The van der Waals surface area contributed by atoms with E-state index in [2.05, 4.69) is 63.4 Å². The normalized spacial score (nSPS) is 19.9. The largest absolute Gasteiger partial charge is 0.379 e. The molecular formula is C24H43N7O. The molecule has 1 aromatic rings. The number of piperazine rings is 1. The molecule has 0 saturated carbocycles. The highest BCUT2D eigenvalue weighted by atomic mass is 16.5. The Morgan fingerprint density at radius 1 is 1.06 bits per heavy atom. The summed E-state index contributed by atoms with van der Waals surface area (Å²) in [5, 5.41) is 7.04. The third-order valence-electron chi connectivity index (χ3n) is 6.91. The maximum Gasteiger partial charge on any atom is 0.191 e. The summed E-state index contributed by atoms with van der Waals surface area (Å²) in [6, 6.07) is 4.80. The third-order valence-corrected chi connectivity index (χ3v) is 6.91. The van der Waals surface area contributed by atoms with E-state index in [1.54, 1.807) is 0 Å². The van der Waals surface area contributed by atoms with Gasteiger partial charge in [-0.1, -0.05) is 32.8 Å². The first-order valence-electron chi connectivity index (χ1n) is 12.3. The summed E-state index contributed by atoms with van der Waals surface area (Å²) in [5.74, 6) is 2.59. The number of hydrogen-bond donors (Lipinski definition) is 2. The number of hydrogen-bond acceptors (Lipinski definition) is 6. The summed E-state index contributed by atoms with van der Waals surface area (Å²) in [4.78, 5) is 16.5. The zero-order valence-electron chi connectivity index (χ0n) is 20.5. The quantitative estimate of drug-likeness (QED) is 0.442. The van der Waals surface area contributed by atoms with Gasteiger partial charge in [0.25, 0.3) is 0 Å². The predicted molar refractivity (Wildman–Crippen MR) is 132 cm³/mol. The van der Waals surface area contributed by atoms with Gasteiger partial charge in [0.15, 0.2) is 5.96 Å². The number of nitrogens with one attached hydrogen (secondary N) is 2. The van der Waals surface area contributed by atoms with E-state index in [1.807, 2.05) is 13.2 Å². The van der Waals surface area contributed by atoms with Crippen LogP contribution < -0.4 is 15.5 Å². The van der Waals surface area contributed by atoms with E-state index in [4.69, 9.17) is 9.72 Å². The van der Waals surface area contributed by atoms with Gasteiger partial charge in [-0.05, 0) is 24.6 Å². The van der Waals surface area contributed by atoms with Crippen molar-refractivity contribution < 1.29 is 4.74 Å². The Labute approximate surface area is 194 Å². The van der Waals surface area contributed by atoms with E-state index in [0.29, 0.717) is 18.5 Å². The topological polar surface area (TPSA) is 68.3 Å². The van der Waals surface area contributed by atoms with Gasteiger partial charge in [-0.2, -0.15) is 0 Å². The maximum absolute atomic E-state index is 5.57. The van der Waals surface area contributed by atoms with Crippen molar-refractivity contribution in [2.24, 2.45) is 10.9 Å². The molecule has 8 heteroatoms. The summed E-state index contributed by atoms with van der Waals surface area (Å²) in [7, 11) is 4.01. The van der Waals surface area contributed by atoms with Gasteiger partial charge in [0.1, 0.15) is 5.82 Å². The first-order valence-corrected chi connectivity index (χ1v) is 12.3. The maximum atomic E-state index is 5.57. The summed E-state index contributed by atoms with van der Waals surface area (Å²) in [5.41, 5.74) is 1.16. The molecule has 2 N–H and O–H groups in total. The van der Waals surface area contributed by atoms with Crippen LogP contribution >= 0.6 is 0 Å². The van der Waals surface area contributed by atoms with Gasteiger partial charge < -0.3 is 25.2 Å². The van der Waals surface area contributed by atoms with Crippen LogP contribution in [0.2, 0.25) is 0 Å². The summed E-state index contributed by atoms with van der Waals surface area (Å²) < 4.78 is 5.57. The number of morpholine rings is 1. The molecule has 2 aliphatic rings. The van der Waals surface area contributed by atoms with E-state index in [9.17, 15) is 0 Å². The van der Waals surface area contributed by atoms with E-state index in [0.717, 1.165) is 76.4 Å². The Hall–Kier alpha value is -1.90. The molecule has 32 heavy (non-hydrogen) atoms. The minimum atomic E-state index is 0.497. The second kappa shape index (κ2) is 13.0. The molecule has 3 heterocycles. The van der Waals surface area contributed by atoms with Gasteiger partial charge in [0.05, 0.1) is 13.2 Å². The Balaban J connectivity index is 1.50. The fraction of sp³-hybridized carbons (Fsp3) is 0.750. The van der Waals surface area contributed by atoms with Gasteiger partial charge in [0.2, 0.25) is 0 Å². The van der Waals surface area contributed by atoms with Crippen LogP contribution in [0, 0.1) is 5.92 Å². The Kier molecular flexibility index (Phi) is 10.0. The van der Waals surface area contributed by atoms with Crippen molar-refractivity contribution >= 4 is 11.8 Å². The van der Waals surface area contributed by atoms with Crippen molar-refractivity contribution in [1.82, 2.24) is 25.4 Å². The van der Waals surface area contributed by atoms with Crippen molar-refractivity contribution in [3.05, 3.63) is 23.9 Å². The number of aliphatic imine (C=N–C) groups is 1. The first kappa shape index (κ1) is 24.7. The highest BCUT2D eigenvalue weighted by Gasteiger charge is 2.27. The third kappa shape index (κ3) is 7.05. The minimum Gasteiger partial charge on any atom is -0.379 e. The van der Waals surface area contributed by atoms with E-state index >= 15 is 0 Å². The average molecular weight is 446 g/mol. The minimum absolute atomic E-state index is 0.497. The number of guanidine groups is 1. The van der Waals surface area contributed by atoms with Crippen molar-refractivity contribution in [2.75, 3.05) is 78.0 Å². The van der Waals surface area contributed by atoms with Crippen LogP contribution in [0.3, 0.4) is 0 Å². The second-order valence-corrected chi connectivity index (χ2v) is 8.91. The van der Waals surface area contributed by atoms with E-state index in [1.165, 1.54) is 12.8 Å². The van der Waals surface area contributed by atoms with Crippen LogP contribution in [0.4, 0.5) is 5.82 Å². The monoisotopic (exact) mass is 445 g/mol. The molecule has 0 amide bonds. The van der Waals surface area contributed by atoms with Gasteiger partial charge in [-0.25, -0.2) is 4.98 Å². The predicted octanol–water partition coefficient (Wildman–Crippen LogP) is 1.64. The number of anilines is 1. The van der Waals surface area contributed by atoms with Crippen LogP contribution in [0.1, 0.15) is 32.3 Å². The lowest BCUT2D eigenvalue weighted by Gasteiger charge is -2.39. The SMILES string of the molecule is CCC(CC)C(CNC(=NC)NCc1ccc(N2CCN(C)CC2)nc1)N1CCOCC1. The first-order chi connectivity index (χ1) is 15.6. The zero-order valence-corrected chi connectivity index (χ0v) is 20.5. The lowest BCUT2D eigenvalue weighted by atomic mass is 9.92. The number of likely N-dealkylation sites (N-methyl/N-ethyl adjacent to an activating group) is 1. The fourth-order valence-electron chi connectivity index (χ4n) is 4.69. The van der Waals surface area contributed by atoms with E-state index in [-0.39, 0.29) is 0 Å². The van der Waals surface area contributed by atoms with Crippen LogP contribution in [0.5, 0.6) is 0 Å². The summed E-state index contributed by atoms with van der Waals surface area (Å²) in [6.45, 7) is 14.2. The molecule has 1 aromatic heterocycles. The van der Waals surface area contributed by atoms with Crippen LogP contribution in [-0.4, -0.2) is 99.9 Å². The zero-order chi connectivity index (χ0) is 22.8. The van der Waals surface area contributed by atoms with E-state index < -0.39 is 0 Å². The standard InChI is InChI=1S/C24H43N7O/c1-5-21(6-2)22(30-13-15-32-16-14-30)19-28-24(25-3)27-18-20-7-8-23(26-17-20)31-11-9-29(4)10-12-31/h7-8,17,21-22H,5-6,9-16,18-19H2,1-4H3,(H2,25,27,28). The number of pyridine rings is 1. The van der Waals surface area contributed by atoms with Crippen LogP contribution in [0.15, 0.2) is 23.3 Å².